The molecule has 3 fully saturated rings. The molecule has 5 rings (SSSR count). The molecular formula is C22H26N4O4. The van der Waals surface area contributed by atoms with Gasteiger partial charge in [-0.05, 0) is 56.3 Å². The molecule has 0 aromatic heterocycles. The van der Waals surface area contributed by atoms with Gasteiger partial charge in [0.05, 0.1) is 11.1 Å². The van der Waals surface area contributed by atoms with Crippen LogP contribution in [0.15, 0.2) is 18.2 Å². The molecular weight excluding hydrogens is 384 g/mol. The topological polar surface area (TPSA) is 98.8 Å². The highest BCUT2D eigenvalue weighted by Gasteiger charge is 2.45. The monoisotopic (exact) mass is 410 g/mol. The molecule has 4 aliphatic heterocycles. The van der Waals surface area contributed by atoms with Crippen LogP contribution in [0, 0.1) is 5.92 Å². The zero-order valence-electron chi connectivity index (χ0n) is 16.9. The van der Waals surface area contributed by atoms with Gasteiger partial charge < -0.3 is 5.32 Å². The van der Waals surface area contributed by atoms with Crippen molar-refractivity contribution in [2.45, 2.75) is 50.7 Å². The lowest BCUT2D eigenvalue weighted by atomic mass is 9.85. The van der Waals surface area contributed by atoms with Crippen molar-refractivity contribution in [1.82, 2.24) is 20.4 Å². The summed E-state index contributed by atoms with van der Waals surface area (Å²) in [7, 11) is 0. The number of likely N-dealkylation sites (tertiary alicyclic amines) is 1. The van der Waals surface area contributed by atoms with Gasteiger partial charge in [-0.3, -0.25) is 34.3 Å². The van der Waals surface area contributed by atoms with Crippen LogP contribution in [0.4, 0.5) is 0 Å². The summed E-state index contributed by atoms with van der Waals surface area (Å²) in [6, 6.07) is 5.03. The van der Waals surface area contributed by atoms with Gasteiger partial charge in [-0.15, -0.1) is 0 Å². The number of hydrogen-bond acceptors (Lipinski definition) is 6. The highest BCUT2D eigenvalue weighted by molar-refractivity contribution is 6.24. The van der Waals surface area contributed by atoms with Gasteiger partial charge in [0.15, 0.2) is 0 Å². The van der Waals surface area contributed by atoms with Crippen LogP contribution in [0.25, 0.3) is 0 Å². The number of amides is 4. The smallest absolute Gasteiger partial charge is 0.262 e. The molecule has 0 bridgehead atoms. The van der Waals surface area contributed by atoms with E-state index < -0.39 is 23.8 Å². The highest BCUT2D eigenvalue weighted by Crippen LogP contribution is 2.32. The summed E-state index contributed by atoms with van der Waals surface area (Å²) in [5.41, 5.74) is 1.61. The number of nitrogens with one attached hydrogen (secondary N) is 2. The standard InChI is InChI=1S/C22H26N4O4/c27-18-7-6-17(20(28)24-18)26-21(29)15-5-1-3-14(19(15)22(26)30)12-25-10-8-16-13(11-25)4-2-9-23-16/h1,3,5,13,16-17,23H,2,4,6-12H2,(H,24,27,28)/t13-,16+,17?/m1/s1. The highest BCUT2D eigenvalue weighted by atomic mass is 16.2. The van der Waals surface area contributed by atoms with Crippen molar-refractivity contribution < 1.29 is 19.2 Å². The fourth-order valence-corrected chi connectivity index (χ4v) is 5.42. The first-order valence-electron chi connectivity index (χ1n) is 10.8. The molecule has 1 aromatic rings. The van der Waals surface area contributed by atoms with Gasteiger partial charge in [-0.1, -0.05) is 12.1 Å². The van der Waals surface area contributed by atoms with Gasteiger partial charge in [0.2, 0.25) is 11.8 Å². The Morgan fingerprint density at radius 3 is 2.73 bits per heavy atom. The second-order valence-corrected chi connectivity index (χ2v) is 8.77. The zero-order valence-corrected chi connectivity index (χ0v) is 16.9. The Bertz CT molecular complexity index is 930. The minimum absolute atomic E-state index is 0.126. The SMILES string of the molecule is O=C1CCC(N2C(=O)c3cccc(CN4CC[C@@H]5NCCC[C@@H]5C4)c3C2=O)C(=O)N1. The molecule has 158 valence electrons. The van der Waals surface area contributed by atoms with Crippen molar-refractivity contribution >= 4 is 23.6 Å². The van der Waals surface area contributed by atoms with Crippen LogP contribution >= 0.6 is 0 Å². The first-order chi connectivity index (χ1) is 14.5. The van der Waals surface area contributed by atoms with E-state index in [1.807, 2.05) is 12.1 Å². The Balaban J connectivity index is 1.37. The first-order valence-corrected chi connectivity index (χ1v) is 10.8. The average Bonchev–Trinajstić information content (AvgIpc) is 2.99. The lowest BCUT2D eigenvalue weighted by molar-refractivity contribution is -0.136. The molecule has 3 saturated heterocycles. The van der Waals surface area contributed by atoms with Crippen LogP contribution in [-0.2, 0) is 16.1 Å². The number of carbonyl (C=O) groups is 4. The summed E-state index contributed by atoms with van der Waals surface area (Å²) in [6.45, 7) is 3.66. The van der Waals surface area contributed by atoms with Crippen molar-refractivity contribution in [1.29, 1.82) is 0 Å². The van der Waals surface area contributed by atoms with Crippen molar-refractivity contribution in [3.63, 3.8) is 0 Å². The van der Waals surface area contributed by atoms with Crippen LogP contribution in [0.5, 0.6) is 0 Å². The van der Waals surface area contributed by atoms with E-state index in [4.69, 9.17) is 0 Å². The second-order valence-electron chi connectivity index (χ2n) is 8.77. The largest absolute Gasteiger partial charge is 0.314 e. The molecule has 4 aliphatic rings. The zero-order chi connectivity index (χ0) is 20.8. The van der Waals surface area contributed by atoms with Gasteiger partial charge in [0.1, 0.15) is 6.04 Å². The number of imide groups is 2. The Hall–Kier alpha value is -2.58. The van der Waals surface area contributed by atoms with E-state index in [-0.39, 0.29) is 18.7 Å². The molecule has 0 aliphatic carbocycles. The molecule has 8 heteroatoms. The number of piperidine rings is 3. The van der Waals surface area contributed by atoms with Gasteiger partial charge in [0, 0.05) is 25.6 Å². The lowest BCUT2D eigenvalue weighted by Crippen LogP contribution is -2.54. The maximum atomic E-state index is 13.2. The second kappa shape index (κ2) is 7.59. The predicted octanol–water partition coefficient (Wildman–Crippen LogP) is 0.662. The van der Waals surface area contributed by atoms with Gasteiger partial charge in [-0.25, -0.2) is 0 Å². The van der Waals surface area contributed by atoms with Crippen LogP contribution < -0.4 is 10.6 Å². The quantitative estimate of drug-likeness (QED) is 0.711. The number of carbonyl (C=O) groups excluding carboxylic acids is 4. The van der Waals surface area contributed by atoms with Crippen molar-refractivity contribution in [2.75, 3.05) is 19.6 Å². The molecule has 2 N–H and O–H groups in total. The number of fused-ring (bicyclic) bond motifs is 2. The molecule has 4 heterocycles. The number of hydrogen-bond donors (Lipinski definition) is 2. The first kappa shape index (κ1) is 19.4. The summed E-state index contributed by atoms with van der Waals surface area (Å²) >= 11 is 0. The van der Waals surface area contributed by atoms with E-state index >= 15 is 0 Å². The molecule has 0 saturated carbocycles. The Labute approximate surface area is 175 Å². The van der Waals surface area contributed by atoms with Gasteiger partial charge in [0.25, 0.3) is 11.8 Å². The van der Waals surface area contributed by atoms with Crippen LogP contribution in [0.3, 0.4) is 0 Å². The third-order valence-corrected chi connectivity index (χ3v) is 6.92. The van der Waals surface area contributed by atoms with Crippen molar-refractivity contribution in [2.24, 2.45) is 5.92 Å². The summed E-state index contributed by atoms with van der Waals surface area (Å²) in [6.07, 6.45) is 3.81. The number of rotatable bonds is 3. The minimum Gasteiger partial charge on any atom is -0.314 e. The fourth-order valence-electron chi connectivity index (χ4n) is 5.42. The summed E-state index contributed by atoms with van der Waals surface area (Å²) < 4.78 is 0. The fraction of sp³-hybridized carbons (Fsp3) is 0.545. The summed E-state index contributed by atoms with van der Waals surface area (Å²) in [4.78, 5) is 53.4. The van der Waals surface area contributed by atoms with Crippen LogP contribution in [0.1, 0.15) is 58.4 Å². The Morgan fingerprint density at radius 1 is 1.03 bits per heavy atom. The van der Waals surface area contributed by atoms with E-state index in [2.05, 4.69) is 15.5 Å². The average molecular weight is 410 g/mol. The molecule has 0 radical (unpaired) electrons. The molecule has 0 spiro atoms. The predicted molar refractivity (Wildman–Crippen MR) is 108 cm³/mol. The Kier molecular flexibility index (Phi) is 4.91. The third-order valence-electron chi connectivity index (χ3n) is 6.92. The van der Waals surface area contributed by atoms with E-state index in [1.165, 1.54) is 12.8 Å². The molecule has 3 atom stereocenters. The molecule has 1 aromatic carbocycles. The van der Waals surface area contributed by atoms with E-state index in [0.29, 0.717) is 29.6 Å². The summed E-state index contributed by atoms with van der Waals surface area (Å²) in [5, 5.41) is 5.86. The third kappa shape index (κ3) is 3.24. The van der Waals surface area contributed by atoms with Crippen LogP contribution in [0.2, 0.25) is 0 Å². The molecule has 1 unspecified atom stereocenters. The van der Waals surface area contributed by atoms with Crippen LogP contribution in [-0.4, -0.2) is 65.1 Å². The molecule has 30 heavy (non-hydrogen) atoms. The molecule has 8 nitrogen and oxygen atoms in total. The Morgan fingerprint density at radius 2 is 1.90 bits per heavy atom. The van der Waals surface area contributed by atoms with E-state index in [9.17, 15) is 19.2 Å². The number of nitrogens with zero attached hydrogens (tertiary/aromatic N) is 2. The summed E-state index contributed by atoms with van der Waals surface area (Å²) in [5.74, 6) is -1.18. The van der Waals surface area contributed by atoms with Crippen molar-refractivity contribution in [3.05, 3.63) is 34.9 Å². The van der Waals surface area contributed by atoms with E-state index in [0.717, 1.165) is 36.5 Å². The minimum atomic E-state index is -0.924. The number of benzene rings is 1. The van der Waals surface area contributed by atoms with E-state index in [1.54, 1.807) is 6.07 Å². The molecule has 4 amide bonds. The normalized spacial score (nSPS) is 29.6. The maximum Gasteiger partial charge on any atom is 0.262 e. The lowest BCUT2D eigenvalue weighted by Gasteiger charge is -2.42. The van der Waals surface area contributed by atoms with Gasteiger partial charge >= 0.3 is 0 Å². The van der Waals surface area contributed by atoms with Crippen molar-refractivity contribution in [3.8, 4) is 0 Å². The van der Waals surface area contributed by atoms with Gasteiger partial charge in [-0.2, -0.15) is 0 Å². The maximum absolute atomic E-state index is 13.2.